The molecule has 2 aromatic heterocycles. The normalized spacial score (nSPS) is 10.5. The van der Waals surface area contributed by atoms with E-state index >= 15 is 0 Å². The summed E-state index contributed by atoms with van der Waals surface area (Å²) in [6, 6.07) is 15.1. The summed E-state index contributed by atoms with van der Waals surface area (Å²) < 4.78 is 7.41. The molecule has 2 N–H and O–H groups in total. The van der Waals surface area contributed by atoms with Gasteiger partial charge < -0.3 is 15.0 Å². The number of rotatable bonds is 6. The molecule has 134 valence electrons. The minimum Gasteiger partial charge on any atom is -0.487 e. The second-order valence-corrected chi connectivity index (χ2v) is 5.63. The van der Waals surface area contributed by atoms with E-state index in [1.165, 1.54) is 23.5 Å². The highest BCUT2D eigenvalue weighted by atomic mass is 16.5. The third-order valence-corrected chi connectivity index (χ3v) is 3.79. The Labute approximate surface area is 154 Å². The maximum Gasteiger partial charge on any atom is 0.273 e. The van der Waals surface area contributed by atoms with Crippen molar-refractivity contribution in [3.05, 3.63) is 78.6 Å². The number of aromatic amines is 1. The van der Waals surface area contributed by atoms with Gasteiger partial charge in [-0.15, -0.1) is 5.10 Å². The SMILES string of the molecule is O=C(Nc1ccc(OCc2ccccc2)c(-n2cnnn2)c1)c1cnc[nH]1. The van der Waals surface area contributed by atoms with Crippen LogP contribution >= 0.6 is 0 Å². The van der Waals surface area contributed by atoms with Crippen molar-refractivity contribution in [1.82, 2.24) is 30.2 Å². The van der Waals surface area contributed by atoms with Gasteiger partial charge in [-0.3, -0.25) is 4.79 Å². The van der Waals surface area contributed by atoms with Crippen molar-refractivity contribution < 1.29 is 9.53 Å². The van der Waals surface area contributed by atoms with Gasteiger partial charge in [-0.05, 0) is 34.2 Å². The monoisotopic (exact) mass is 361 g/mol. The first-order valence-electron chi connectivity index (χ1n) is 8.13. The van der Waals surface area contributed by atoms with Crippen LogP contribution in [-0.2, 0) is 6.61 Å². The molecule has 0 aliphatic carbocycles. The summed E-state index contributed by atoms with van der Waals surface area (Å²) in [6.07, 6.45) is 4.36. The second-order valence-electron chi connectivity index (χ2n) is 5.63. The summed E-state index contributed by atoms with van der Waals surface area (Å²) in [7, 11) is 0. The number of H-pyrrole nitrogens is 1. The van der Waals surface area contributed by atoms with Gasteiger partial charge in [-0.25, -0.2) is 4.98 Å². The Bertz CT molecular complexity index is 1020. The fraction of sp³-hybridized carbons (Fsp3) is 0.0556. The van der Waals surface area contributed by atoms with E-state index in [1.807, 2.05) is 30.3 Å². The molecule has 2 aromatic carbocycles. The minimum absolute atomic E-state index is 0.298. The van der Waals surface area contributed by atoms with Crippen LogP contribution in [0, 0.1) is 0 Å². The first-order chi connectivity index (χ1) is 13.3. The Hall–Kier alpha value is -4.01. The van der Waals surface area contributed by atoms with Crippen molar-refractivity contribution in [3.8, 4) is 11.4 Å². The number of amides is 1. The zero-order chi connectivity index (χ0) is 18.5. The van der Waals surface area contributed by atoms with Crippen LogP contribution in [0.2, 0.25) is 0 Å². The van der Waals surface area contributed by atoms with E-state index in [1.54, 1.807) is 18.2 Å². The highest BCUT2D eigenvalue weighted by Crippen LogP contribution is 2.27. The number of nitrogens with zero attached hydrogens (tertiary/aromatic N) is 5. The lowest BCUT2D eigenvalue weighted by molar-refractivity contribution is 0.102. The van der Waals surface area contributed by atoms with Crippen molar-refractivity contribution in [2.45, 2.75) is 6.61 Å². The lowest BCUT2D eigenvalue weighted by Crippen LogP contribution is -2.13. The molecule has 0 bridgehead atoms. The molecule has 27 heavy (non-hydrogen) atoms. The summed E-state index contributed by atoms with van der Waals surface area (Å²) in [5, 5.41) is 14.0. The Balaban J connectivity index is 1.58. The number of aromatic nitrogens is 6. The van der Waals surface area contributed by atoms with Crippen LogP contribution in [0.4, 0.5) is 5.69 Å². The molecule has 0 fully saturated rings. The molecule has 0 saturated carbocycles. The molecular formula is C18H15N7O2. The van der Waals surface area contributed by atoms with Crippen molar-refractivity contribution >= 4 is 11.6 Å². The Morgan fingerprint density at radius 3 is 2.81 bits per heavy atom. The predicted octanol–water partition coefficient (Wildman–Crippen LogP) is 2.22. The number of benzene rings is 2. The average Bonchev–Trinajstić information content (AvgIpc) is 3.41. The molecular weight excluding hydrogens is 346 g/mol. The van der Waals surface area contributed by atoms with Crippen LogP contribution in [0.3, 0.4) is 0 Å². The molecule has 0 atom stereocenters. The molecule has 0 radical (unpaired) electrons. The zero-order valence-corrected chi connectivity index (χ0v) is 14.1. The summed E-state index contributed by atoms with van der Waals surface area (Å²) >= 11 is 0. The Morgan fingerprint density at radius 1 is 1.19 bits per heavy atom. The maximum absolute atomic E-state index is 12.2. The van der Waals surface area contributed by atoms with E-state index in [4.69, 9.17) is 4.74 Å². The molecule has 1 amide bonds. The third-order valence-electron chi connectivity index (χ3n) is 3.79. The number of imidazole rings is 1. The quantitative estimate of drug-likeness (QED) is 0.545. The van der Waals surface area contributed by atoms with Gasteiger partial charge in [0.05, 0.1) is 12.5 Å². The van der Waals surface area contributed by atoms with Gasteiger partial charge in [0.15, 0.2) is 0 Å². The van der Waals surface area contributed by atoms with Gasteiger partial charge in [-0.1, -0.05) is 30.3 Å². The van der Waals surface area contributed by atoms with Crippen LogP contribution in [0.25, 0.3) is 5.69 Å². The number of hydrogen-bond donors (Lipinski definition) is 2. The van der Waals surface area contributed by atoms with Crippen molar-refractivity contribution in [3.63, 3.8) is 0 Å². The molecule has 9 heteroatoms. The first kappa shape index (κ1) is 16.5. The molecule has 2 heterocycles. The summed E-state index contributed by atoms with van der Waals surface area (Å²) in [5.41, 5.74) is 2.59. The summed E-state index contributed by atoms with van der Waals surface area (Å²) in [4.78, 5) is 18.8. The zero-order valence-electron chi connectivity index (χ0n) is 14.1. The molecule has 0 aliphatic rings. The van der Waals surface area contributed by atoms with E-state index in [-0.39, 0.29) is 5.91 Å². The van der Waals surface area contributed by atoms with E-state index in [9.17, 15) is 4.79 Å². The lowest BCUT2D eigenvalue weighted by atomic mass is 10.2. The van der Waals surface area contributed by atoms with Crippen LogP contribution in [0.5, 0.6) is 5.75 Å². The van der Waals surface area contributed by atoms with E-state index in [0.29, 0.717) is 29.4 Å². The highest BCUT2D eigenvalue weighted by Gasteiger charge is 2.12. The maximum atomic E-state index is 12.2. The molecule has 0 aliphatic heterocycles. The van der Waals surface area contributed by atoms with Crippen molar-refractivity contribution in [2.24, 2.45) is 0 Å². The predicted molar refractivity (Wildman–Crippen MR) is 96.5 cm³/mol. The van der Waals surface area contributed by atoms with Crippen molar-refractivity contribution in [2.75, 3.05) is 5.32 Å². The van der Waals surface area contributed by atoms with Gasteiger partial charge >= 0.3 is 0 Å². The van der Waals surface area contributed by atoms with Gasteiger partial charge in [0.2, 0.25) is 0 Å². The fourth-order valence-electron chi connectivity index (χ4n) is 2.48. The van der Waals surface area contributed by atoms with Crippen LogP contribution in [0.1, 0.15) is 16.1 Å². The van der Waals surface area contributed by atoms with E-state index in [2.05, 4.69) is 30.8 Å². The average molecular weight is 361 g/mol. The number of carbonyl (C=O) groups is 1. The molecule has 9 nitrogen and oxygen atoms in total. The van der Waals surface area contributed by atoms with Crippen LogP contribution < -0.4 is 10.1 Å². The molecule has 0 spiro atoms. The number of carbonyl (C=O) groups excluding carboxylic acids is 1. The lowest BCUT2D eigenvalue weighted by Gasteiger charge is -2.13. The number of tetrazole rings is 1. The van der Waals surface area contributed by atoms with E-state index < -0.39 is 0 Å². The van der Waals surface area contributed by atoms with Gasteiger partial charge in [0, 0.05) is 5.69 Å². The van der Waals surface area contributed by atoms with Crippen molar-refractivity contribution in [1.29, 1.82) is 0 Å². The molecule has 0 saturated heterocycles. The second kappa shape index (κ2) is 7.48. The number of anilines is 1. The molecule has 4 aromatic rings. The largest absolute Gasteiger partial charge is 0.487 e. The van der Waals surface area contributed by atoms with Gasteiger partial charge in [0.25, 0.3) is 5.91 Å². The van der Waals surface area contributed by atoms with Gasteiger partial charge in [0.1, 0.15) is 30.1 Å². The topological polar surface area (TPSA) is 111 Å². The smallest absolute Gasteiger partial charge is 0.273 e. The van der Waals surface area contributed by atoms with Crippen LogP contribution in [0.15, 0.2) is 67.4 Å². The first-order valence-corrected chi connectivity index (χ1v) is 8.13. The van der Waals surface area contributed by atoms with Crippen LogP contribution in [-0.4, -0.2) is 36.1 Å². The van der Waals surface area contributed by atoms with Gasteiger partial charge in [-0.2, -0.15) is 4.68 Å². The fourth-order valence-corrected chi connectivity index (χ4v) is 2.48. The third kappa shape index (κ3) is 3.82. The number of hydrogen-bond acceptors (Lipinski definition) is 6. The minimum atomic E-state index is -0.298. The molecule has 0 unspecified atom stereocenters. The Morgan fingerprint density at radius 2 is 2.07 bits per heavy atom. The summed E-state index contributed by atoms with van der Waals surface area (Å²) in [6.45, 7) is 0.399. The number of ether oxygens (including phenoxy) is 1. The van der Waals surface area contributed by atoms with E-state index in [0.717, 1.165) is 5.56 Å². The standard InChI is InChI=1S/C18H15N7O2/c26-18(15-9-19-11-20-15)22-14-6-7-17(16(8-14)25-12-21-23-24-25)27-10-13-4-2-1-3-5-13/h1-9,11-12H,10H2,(H,19,20)(H,22,26). The highest BCUT2D eigenvalue weighted by molar-refractivity contribution is 6.02. The Kier molecular flexibility index (Phi) is 4.56. The summed E-state index contributed by atoms with van der Waals surface area (Å²) in [5.74, 6) is 0.291. The number of nitrogens with one attached hydrogen (secondary N) is 2. The molecule has 4 rings (SSSR count).